The summed E-state index contributed by atoms with van der Waals surface area (Å²) in [7, 11) is -2.99. The lowest BCUT2D eigenvalue weighted by Gasteiger charge is -2.18. The molecule has 0 spiro atoms. The standard InChI is InChI=1S/C15H19O8P3/c1-20-15-13(16)12(23-14(15)11-5-3-2-4-6-11)7-8-26(19,9-21-24-17)10-22-25-18/h2-8,12-16H,9-10H2,1H3/b8-7+/t12-,13-,14+,15-/m1/s1. The van der Waals surface area contributed by atoms with Crippen LogP contribution < -0.4 is 0 Å². The van der Waals surface area contributed by atoms with Crippen LogP contribution in [0.3, 0.4) is 0 Å². The lowest BCUT2D eigenvalue weighted by molar-refractivity contribution is -0.0114. The van der Waals surface area contributed by atoms with Crippen LogP contribution in [0.5, 0.6) is 0 Å². The summed E-state index contributed by atoms with van der Waals surface area (Å²) in [6.07, 6.45) is -2.11. The maximum Gasteiger partial charge on any atom is 0.327 e. The summed E-state index contributed by atoms with van der Waals surface area (Å²) in [5.74, 6) is 1.30. The molecule has 1 aromatic rings. The van der Waals surface area contributed by atoms with Crippen molar-refractivity contribution in [3.63, 3.8) is 0 Å². The second-order valence-corrected chi connectivity index (χ2v) is 9.12. The first kappa shape index (κ1) is 21.5. The maximum absolute atomic E-state index is 12.7. The van der Waals surface area contributed by atoms with Gasteiger partial charge in [-0.1, -0.05) is 30.3 Å². The summed E-state index contributed by atoms with van der Waals surface area (Å²) in [5.41, 5.74) is 0.847. The molecule has 0 radical (unpaired) electrons. The molecule has 1 aliphatic heterocycles. The Hall–Kier alpha value is -0.810. The minimum absolute atomic E-state index is 0.358. The third-order valence-corrected chi connectivity index (χ3v) is 6.61. The Morgan fingerprint density at radius 1 is 1.19 bits per heavy atom. The average Bonchev–Trinajstić information content (AvgIpc) is 2.99. The summed E-state index contributed by atoms with van der Waals surface area (Å²) in [5, 5.41) is 10.5. The fourth-order valence-electron chi connectivity index (χ4n) is 2.63. The lowest BCUT2D eigenvalue weighted by atomic mass is 10.0. The molecule has 0 amide bonds. The van der Waals surface area contributed by atoms with Gasteiger partial charge in [0.1, 0.15) is 37.1 Å². The van der Waals surface area contributed by atoms with Gasteiger partial charge in [0.2, 0.25) is 0 Å². The van der Waals surface area contributed by atoms with E-state index in [0.29, 0.717) is 0 Å². The largest absolute Gasteiger partial charge is 0.387 e. The van der Waals surface area contributed by atoms with Crippen molar-refractivity contribution in [3.05, 3.63) is 47.8 Å². The predicted molar refractivity (Wildman–Crippen MR) is 94.7 cm³/mol. The second kappa shape index (κ2) is 10.5. The number of benzene rings is 1. The van der Waals surface area contributed by atoms with Crippen LogP contribution in [0.2, 0.25) is 0 Å². The first-order valence-corrected chi connectivity index (χ1v) is 11.2. The van der Waals surface area contributed by atoms with E-state index in [1.807, 2.05) is 30.3 Å². The highest BCUT2D eigenvalue weighted by atomic mass is 31.2. The van der Waals surface area contributed by atoms with E-state index in [9.17, 15) is 18.8 Å². The van der Waals surface area contributed by atoms with Gasteiger partial charge in [-0.05, 0) is 17.5 Å². The topological polar surface area (TPSA) is 108 Å². The van der Waals surface area contributed by atoms with E-state index in [0.717, 1.165) is 5.56 Å². The second-order valence-electron chi connectivity index (χ2n) is 5.58. The number of rotatable bonds is 10. The first-order valence-electron chi connectivity index (χ1n) is 7.62. The molecule has 1 fully saturated rings. The molecule has 1 N–H and O–H groups in total. The molecule has 0 aromatic heterocycles. The Bertz CT molecular complexity index is 652. The Morgan fingerprint density at radius 3 is 2.35 bits per heavy atom. The molecule has 11 heteroatoms. The van der Waals surface area contributed by atoms with Crippen LogP contribution in [0.1, 0.15) is 11.7 Å². The minimum Gasteiger partial charge on any atom is -0.387 e. The predicted octanol–water partition coefficient (Wildman–Crippen LogP) is 3.74. The molecule has 1 aliphatic rings. The van der Waals surface area contributed by atoms with E-state index in [4.69, 9.17) is 9.47 Å². The average molecular weight is 420 g/mol. The van der Waals surface area contributed by atoms with Crippen LogP contribution in [0.4, 0.5) is 0 Å². The zero-order valence-electron chi connectivity index (χ0n) is 13.9. The summed E-state index contributed by atoms with van der Waals surface area (Å²) >= 11 is 0. The molecule has 0 bridgehead atoms. The van der Waals surface area contributed by atoms with Crippen LogP contribution in [-0.4, -0.2) is 43.2 Å². The van der Waals surface area contributed by atoms with Crippen LogP contribution in [0, 0.1) is 0 Å². The molecule has 4 atom stereocenters. The number of hydrogen-bond donors (Lipinski definition) is 1. The van der Waals surface area contributed by atoms with Crippen LogP contribution >= 0.6 is 24.5 Å². The molecular weight excluding hydrogens is 401 g/mol. The highest BCUT2D eigenvalue weighted by Gasteiger charge is 2.43. The van der Waals surface area contributed by atoms with Crippen molar-refractivity contribution in [2.24, 2.45) is 0 Å². The summed E-state index contributed by atoms with van der Waals surface area (Å²) in [4.78, 5) is 0. The zero-order chi connectivity index (χ0) is 19.0. The van der Waals surface area contributed by atoms with Gasteiger partial charge in [0.25, 0.3) is 0 Å². The van der Waals surface area contributed by atoms with Crippen molar-refractivity contribution in [2.75, 3.05) is 19.8 Å². The third kappa shape index (κ3) is 5.59. The van der Waals surface area contributed by atoms with E-state index in [-0.39, 0.29) is 12.7 Å². The Morgan fingerprint density at radius 2 is 1.81 bits per heavy atom. The van der Waals surface area contributed by atoms with Crippen LogP contribution in [0.15, 0.2) is 42.2 Å². The molecule has 0 aliphatic carbocycles. The summed E-state index contributed by atoms with van der Waals surface area (Å²) in [6.45, 7) is 0. The van der Waals surface area contributed by atoms with Gasteiger partial charge in [-0.3, -0.25) is 9.05 Å². The van der Waals surface area contributed by atoms with Gasteiger partial charge in [-0.2, -0.15) is 0 Å². The summed E-state index contributed by atoms with van der Waals surface area (Å²) < 4.78 is 54.2. The Balaban J connectivity index is 2.16. The van der Waals surface area contributed by atoms with Gasteiger partial charge in [0, 0.05) is 7.11 Å². The number of aliphatic hydroxyl groups is 1. The molecule has 26 heavy (non-hydrogen) atoms. The lowest BCUT2D eigenvalue weighted by Crippen LogP contribution is -2.31. The smallest absolute Gasteiger partial charge is 0.327 e. The van der Waals surface area contributed by atoms with E-state index in [2.05, 4.69) is 9.05 Å². The van der Waals surface area contributed by atoms with E-state index >= 15 is 0 Å². The molecule has 1 saturated heterocycles. The molecule has 142 valence electrons. The van der Waals surface area contributed by atoms with E-state index in [1.165, 1.54) is 19.0 Å². The van der Waals surface area contributed by atoms with E-state index in [1.54, 1.807) is 0 Å². The van der Waals surface area contributed by atoms with Gasteiger partial charge in [0.15, 0.2) is 7.14 Å². The van der Waals surface area contributed by atoms with Gasteiger partial charge < -0.3 is 19.1 Å². The van der Waals surface area contributed by atoms with Crippen molar-refractivity contribution >= 4 is 24.5 Å². The number of aliphatic hydroxyl groups excluding tert-OH is 1. The molecular formula is C15H19O8P3. The summed E-state index contributed by atoms with van der Waals surface area (Å²) in [6, 6.07) is 9.31. The Kier molecular flexibility index (Phi) is 8.68. The van der Waals surface area contributed by atoms with E-state index < -0.39 is 48.9 Å². The number of methoxy groups -OCH3 is 1. The van der Waals surface area contributed by atoms with Crippen molar-refractivity contribution in [2.45, 2.75) is 24.4 Å². The highest BCUT2D eigenvalue weighted by Crippen LogP contribution is 2.49. The fraction of sp³-hybridized carbons (Fsp3) is 0.467. The minimum atomic E-state index is -3.22. The highest BCUT2D eigenvalue weighted by molar-refractivity contribution is 7.67. The van der Waals surface area contributed by atoms with Crippen molar-refractivity contribution in [3.8, 4) is 0 Å². The maximum atomic E-state index is 12.7. The van der Waals surface area contributed by atoms with Gasteiger partial charge in [-0.15, -0.1) is 0 Å². The quantitative estimate of drug-likeness (QED) is 0.571. The van der Waals surface area contributed by atoms with Crippen molar-refractivity contribution in [1.29, 1.82) is 0 Å². The first-order chi connectivity index (χ1) is 12.5. The van der Waals surface area contributed by atoms with Crippen molar-refractivity contribution in [1.82, 2.24) is 0 Å². The van der Waals surface area contributed by atoms with Gasteiger partial charge >= 0.3 is 17.4 Å². The van der Waals surface area contributed by atoms with Gasteiger partial charge in [0.05, 0.1) is 0 Å². The number of hydrogen-bond acceptors (Lipinski definition) is 8. The zero-order valence-corrected chi connectivity index (χ0v) is 16.6. The van der Waals surface area contributed by atoms with Crippen molar-refractivity contribution < 1.29 is 37.3 Å². The fourth-order valence-corrected chi connectivity index (χ4v) is 5.30. The molecule has 0 saturated carbocycles. The monoisotopic (exact) mass is 420 g/mol. The molecule has 1 aromatic carbocycles. The molecule has 2 rings (SSSR count). The van der Waals surface area contributed by atoms with Gasteiger partial charge in [-0.25, -0.2) is 9.13 Å². The van der Waals surface area contributed by atoms with Crippen LogP contribution in [0.25, 0.3) is 0 Å². The molecule has 1 heterocycles. The molecule has 0 unspecified atom stereocenters. The third-order valence-electron chi connectivity index (χ3n) is 3.88. The van der Waals surface area contributed by atoms with Crippen LogP contribution in [-0.2, 0) is 32.2 Å². The number of ether oxygens (including phenoxy) is 2. The molecule has 8 nitrogen and oxygen atoms in total. The normalized spacial score (nSPS) is 28.7. The Labute approximate surface area is 154 Å². The SMILES string of the molecule is CO[C@@H]1[C@H](O)[C@@H](/C=C/P(=O)(COP=O)COP=O)O[C@H]1c1ccccc1.